The number of hydrogen-bond donors (Lipinski definition) is 1. The molecule has 0 bridgehead atoms. The van der Waals surface area contributed by atoms with E-state index >= 15 is 0 Å². The molecule has 0 unspecified atom stereocenters. The Hall–Kier alpha value is -2.40. The zero-order valence-corrected chi connectivity index (χ0v) is 15.8. The van der Waals surface area contributed by atoms with Crippen LogP contribution in [0.15, 0.2) is 23.5 Å². The lowest BCUT2D eigenvalue weighted by atomic mass is 10.1. The molecule has 0 atom stereocenters. The van der Waals surface area contributed by atoms with Crippen molar-refractivity contribution in [3.05, 3.63) is 51.6 Å². The van der Waals surface area contributed by atoms with Gasteiger partial charge in [-0.1, -0.05) is 23.7 Å². The smallest absolute Gasteiger partial charge is 0.149 e. The predicted octanol–water partition coefficient (Wildman–Crippen LogP) is 4.90. The summed E-state index contributed by atoms with van der Waals surface area (Å²) in [6.45, 7) is 9.89. The molecule has 0 aliphatic heterocycles. The fourth-order valence-electron chi connectivity index (χ4n) is 3.36. The molecule has 0 amide bonds. The Bertz CT molecular complexity index is 981. The fourth-order valence-corrected chi connectivity index (χ4v) is 3.69. The van der Waals surface area contributed by atoms with Crippen LogP contribution in [0.3, 0.4) is 0 Å². The van der Waals surface area contributed by atoms with Crippen LogP contribution < -0.4 is 0 Å². The maximum Gasteiger partial charge on any atom is 0.149 e. The van der Waals surface area contributed by atoms with Crippen LogP contribution in [-0.2, 0) is 0 Å². The van der Waals surface area contributed by atoms with Crippen molar-refractivity contribution in [3.8, 4) is 5.69 Å². The first-order valence-corrected chi connectivity index (χ1v) is 8.59. The molecule has 0 aliphatic rings. The van der Waals surface area contributed by atoms with Gasteiger partial charge < -0.3 is 9.77 Å². The summed E-state index contributed by atoms with van der Waals surface area (Å²) in [5, 5.41) is 14.4. The zero-order valence-electron chi connectivity index (χ0n) is 15.1. The number of benzene rings is 1. The van der Waals surface area contributed by atoms with Crippen LogP contribution in [0.1, 0.15) is 41.6 Å². The minimum Gasteiger partial charge on any atom is -0.411 e. The minimum absolute atomic E-state index is 0.556. The number of rotatable bonds is 3. The van der Waals surface area contributed by atoms with Crippen LogP contribution in [0.25, 0.3) is 16.7 Å². The summed E-state index contributed by atoms with van der Waals surface area (Å²) >= 11 is 6.18. The van der Waals surface area contributed by atoms with Gasteiger partial charge in [0.2, 0.25) is 0 Å². The molecule has 0 radical (unpaired) electrons. The summed E-state index contributed by atoms with van der Waals surface area (Å²) in [5.41, 5.74) is 6.30. The monoisotopic (exact) mass is 356 g/mol. The summed E-state index contributed by atoms with van der Waals surface area (Å²) in [5.74, 6) is 0.640. The third-order valence-electron chi connectivity index (χ3n) is 4.37. The number of aryl methyl sites for hydroxylation is 4. The van der Waals surface area contributed by atoms with E-state index in [0.717, 1.165) is 38.4 Å². The van der Waals surface area contributed by atoms with Crippen molar-refractivity contribution in [2.45, 2.75) is 41.0 Å². The number of hydrogen-bond acceptors (Lipinski definition) is 4. The maximum atomic E-state index is 9.37. The molecule has 130 valence electrons. The molecular weight excluding hydrogens is 336 g/mol. The van der Waals surface area contributed by atoms with Crippen molar-refractivity contribution in [1.82, 2.24) is 14.5 Å². The van der Waals surface area contributed by atoms with Gasteiger partial charge in [-0.05, 0) is 62.9 Å². The Morgan fingerprint density at radius 2 is 1.76 bits per heavy atom. The molecule has 3 aromatic rings. The number of nitrogens with zero attached hydrogens (tertiary/aromatic N) is 4. The van der Waals surface area contributed by atoms with Crippen LogP contribution >= 0.6 is 11.6 Å². The summed E-state index contributed by atoms with van der Waals surface area (Å²) in [7, 11) is 0. The molecular formula is C19H21ClN4O. The quantitative estimate of drug-likeness (QED) is 0.412. The molecule has 5 nitrogen and oxygen atoms in total. The first-order chi connectivity index (χ1) is 11.9. The van der Waals surface area contributed by atoms with E-state index in [1.807, 2.05) is 46.8 Å². The van der Waals surface area contributed by atoms with Crippen LogP contribution in [0.2, 0.25) is 5.02 Å². The summed E-state index contributed by atoms with van der Waals surface area (Å²) in [4.78, 5) is 9.21. The lowest BCUT2D eigenvalue weighted by Crippen LogP contribution is -2.08. The summed E-state index contributed by atoms with van der Waals surface area (Å²) in [6, 6.07) is 3.90. The van der Waals surface area contributed by atoms with Crippen molar-refractivity contribution < 1.29 is 5.21 Å². The third kappa shape index (κ3) is 2.89. The Balaban J connectivity index is 2.41. The molecule has 0 aliphatic carbocycles. The average molecular weight is 357 g/mol. The lowest BCUT2D eigenvalue weighted by molar-refractivity contribution is 0.318. The second kappa shape index (κ2) is 6.48. The van der Waals surface area contributed by atoms with Gasteiger partial charge in [-0.2, -0.15) is 0 Å². The largest absolute Gasteiger partial charge is 0.411 e. The second-order valence-electron chi connectivity index (χ2n) is 6.29. The number of halogens is 1. The molecule has 0 fully saturated rings. The molecule has 6 heteroatoms. The Morgan fingerprint density at radius 3 is 2.32 bits per heavy atom. The molecule has 2 aromatic heterocycles. The van der Waals surface area contributed by atoms with Gasteiger partial charge in [-0.15, -0.1) is 0 Å². The average Bonchev–Trinajstić information content (AvgIpc) is 2.84. The van der Waals surface area contributed by atoms with Crippen molar-refractivity contribution in [2.24, 2.45) is 5.16 Å². The van der Waals surface area contributed by atoms with Gasteiger partial charge >= 0.3 is 0 Å². The van der Waals surface area contributed by atoms with E-state index in [0.29, 0.717) is 23.7 Å². The van der Waals surface area contributed by atoms with E-state index in [1.54, 1.807) is 0 Å². The maximum absolute atomic E-state index is 9.37. The van der Waals surface area contributed by atoms with Crippen LogP contribution in [-0.4, -0.2) is 25.5 Å². The molecule has 0 spiro atoms. The van der Waals surface area contributed by atoms with E-state index in [9.17, 15) is 5.21 Å². The van der Waals surface area contributed by atoms with Gasteiger partial charge in [0.1, 0.15) is 22.9 Å². The van der Waals surface area contributed by atoms with Crippen LogP contribution in [0.4, 0.5) is 0 Å². The Morgan fingerprint density at radius 1 is 1.12 bits per heavy atom. The minimum atomic E-state index is 0.556. The molecule has 2 heterocycles. The molecule has 25 heavy (non-hydrogen) atoms. The van der Waals surface area contributed by atoms with Gasteiger partial charge in [0.15, 0.2) is 0 Å². The topological polar surface area (TPSA) is 63.3 Å². The first-order valence-electron chi connectivity index (χ1n) is 8.22. The van der Waals surface area contributed by atoms with E-state index in [1.165, 1.54) is 0 Å². The highest BCUT2D eigenvalue weighted by Crippen LogP contribution is 2.30. The molecule has 1 N–H and O–H groups in total. The van der Waals surface area contributed by atoms with Crippen molar-refractivity contribution in [3.63, 3.8) is 0 Å². The fraction of sp³-hybridized carbons (Fsp3) is 0.316. The van der Waals surface area contributed by atoms with E-state index in [-0.39, 0.29) is 0 Å². The SMILES string of the molecule is CC/C(=N\O)c1nc(C)nc2c1c(C)cn2-c1c(C)cc(Cl)cc1C. The van der Waals surface area contributed by atoms with E-state index in [4.69, 9.17) is 11.6 Å². The van der Waals surface area contributed by atoms with E-state index < -0.39 is 0 Å². The molecule has 0 saturated heterocycles. The highest BCUT2D eigenvalue weighted by atomic mass is 35.5. The van der Waals surface area contributed by atoms with E-state index in [2.05, 4.69) is 25.9 Å². The predicted molar refractivity (Wildman–Crippen MR) is 101 cm³/mol. The Labute approximate surface area is 152 Å². The summed E-state index contributed by atoms with van der Waals surface area (Å²) < 4.78 is 2.08. The lowest BCUT2D eigenvalue weighted by Gasteiger charge is -2.13. The van der Waals surface area contributed by atoms with Gasteiger partial charge in [-0.25, -0.2) is 9.97 Å². The summed E-state index contributed by atoms with van der Waals surface area (Å²) in [6.07, 6.45) is 2.64. The number of oxime groups is 1. The van der Waals surface area contributed by atoms with Crippen LogP contribution in [0, 0.1) is 27.7 Å². The standard InChI is InChI=1S/C19H21ClN4O/c1-6-15(23-25)17-16-12(4)9-24(19(16)22-13(5)21-17)18-10(2)7-14(20)8-11(18)3/h7-9,25H,6H2,1-5H3/b23-15+. The second-order valence-corrected chi connectivity index (χ2v) is 6.73. The van der Waals surface area contributed by atoms with Crippen molar-refractivity contribution in [2.75, 3.05) is 0 Å². The third-order valence-corrected chi connectivity index (χ3v) is 4.59. The molecule has 0 saturated carbocycles. The van der Waals surface area contributed by atoms with Gasteiger partial charge in [0, 0.05) is 16.6 Å². The van der Waals surface area contributed by atoms with Gasteiger partial charge in [-0.3, -0.25) is 0 Å². The van der Waals surface area contributed by atoms with Crippen molar-refractivity contribution in [1.29, 1.82) is 0 Å². The Kier molecular flexibility index (Phi) is 4.52. The van der Waals surface area contributed by atoms with Gasteiger partial charge in [0.05, 0.1) is 5.69 Å². The normalized spacial score (nSPS) is 12.2. The first kappa shape index (κ1) is 17.4. The highest BCUT2D eigenvalue weighted by Gasteiger charge is 2.19. The highest BCUT2D eigenvalue weighted by molar-refractivity contribution is 6.30. The number of fused-ring (bicyclic) bond motifs is 1. The van der Waals surface area contributed by atoms with Gasteiger partial charge in [0.25, 0.3) is 0 Å². The zero-order chi connectivity index (χ0) is 18.3. The van der Waals surface area contributed by atoms with Crippen molar-refractivity contribution >= 4 is 28.3 Å². The molecule has 1 aromatic carbocycles. The number of aromatic nitrogens is 3. The molecule has 3 rings (SSSR count). The van der Waals surface area contributed by atoms with Crippen LogP contribution in [0.5, 0.6) is 0 Å².